The maximum Gasteiger partial charge on any atom is 0.0728 e. The van der Waals surface area contributed by atoms with Crippen molar-refractivity contribution in [1.29, 1.82) is 0 Å². The van der Waals surface area contributed by atoms with Gasteiger partial charge in [0.05, 0.1) is 28.4 Å². The first-order valence-electron chi connectivity index (χ1n) is 19.0. The topological polar surface area (TPSA) is 17.3 Å². The van der Waals surface area contributed by atoms with Gasteiger partial charge in [-0.3, -0.25) is 4.98 Å². The van der Waals surface area contributed by atoms with E-state index in [1.165, 1.54) is 130 Å². The second-order valence-corrected chi connectivity index (χ2v) is 16.0. The van der Waals surface area contributed by atoms with Crippen LogP contribution in [0.3, 0.4) is 0 Å². The van der Waals surface area contributed by atoms with Gasteiger partial charge in [0.25, 0.3) is 0 Å². The molecule has 0 bridgehead atoms. The lowest BCUT2D eigenvalue weighted by Crippen LogP contribution is -1.98. The van der Waals surface area contributed by atoms with Crippen LogP contribution in [0.4, 0.5) is 0 Å². The molecule has 2 heteroatoms. The standard InChI is InChI=1S/C49H38N2/c1-27-10-8-17-36-37(29-11-4-3-5-12-29)25-43-46(39(36)19-27)40-22-33(35-16-9-14-31-21-30-13-6-7-15-34(30)45(31)35)23-41-48-44(51(43)49(40)41)26-50-42-24-32-18-28(2)20-38(32)47(42)48/h3-7,9,11-16,19,22-26,28,38H,8,10,17-18,20-21H2,1-2H3. The molecule has 4 aliphatic rings. The highest BCUT2D eigenvalue weighted by atomic mass is 14.9. The molecule has 0 N–H and O–H groups in total. The predicted octanol–water partition coefficient (Wildman–Crippen LogP) is 12.8. The quantitative estimate of drug-likeness (QED) is 0.181. The SMILES string of the molecule is CC1=Cc2c(c(-c3ccccc3)cc3c2c2cc(-c4cccc5c4-c4ccccc4C5)cc4c5c6c(ncc5n3c24)C=C2CC(C)CC26)CCC1. The summed E-state index contributed by atoms with van der Waals surface area (Å²) in [5.74, 6) is 1.19. The summed E-state index contributed by atoms with van der Waals surface area (Å²) in [6.07, 6.45) is 14.0. The summed E-state index contributed by atoms with van der Waals surface area (Å²) in [4.78, 5) is 5.23. The number of hydrogen-bond donors (Lipinski definition) is 0. The highest BCUT2D eigenvalue weighted by molar-refractivity contribution is 6.27. The smallest absolute Gasteiger partial charge is 0.0728 e. The van der Waals surface area contributed by atoms with Gasteiger partial charge in [0.1, 0.15) is 0 Å². The Morgan fingerprint density at radius 3 is 2.43 bits per heavy atom. The zero-order valence-corrected chi connectivity index (χ0v) is 29.2. The van der Waals surface area contributed by atoms with E-state index in [1.807, 2.05) is 0 Å². The van der Waals surface area contributed by atoms with E-state index in [-0.39, 0.29) is 0 Å². The third-order valence-electron chi connectivity index (χ3n) is 12.9. The minimum Gasteiger partial charge on any atom is -0.306 e. The van der Waals surface area contributed by atoms with Crippen LogP contribution in [0.15, 0.2) is 108 Å². The Hall–Kier alpha value is -5.47. The van der Waals surface area contributed by atoms with Crippen LogP contribution in [0.2, 0.25) is 0 Å². The normalized spacial score (nSPS) is 18.9. The van der Waals surface area contributed by atoms with Crippen LogP contribution in [0.1, 0.15) is 79.0 Å². The van der Waals surface area contributed by atoms with Gasteiger partial charge in [0.2, 0.25) is 0 Å². The van der Waals surface area contributed by atoms with Crippen molar-refractivity contribution in [3.8, 4) is 33.4 Å². The van der Waals surface area contributed by atoms with Crippen molar-refractivity contribution in [2.45, 2.75) is 58.3 Å². The van der Waals surface area contributed by atoms with E-state index in [9.17, 15) is 0 Å². The molecule has 4 aliphatic carbocycles. The number of hydrogen-bond acceptors (Lipinski definition) is 1. The highest BCUT2D eigenvalue weighted by Crippen LogP contribution is 2.55. The van der Waals surface area contributed by atoms with E-state index >= 15 is 0 Å². The van der Waals surface area contributed by atoms with Crippen LogP contribution in [-0.2, 0) is 12.8 Å². The lowest BCUT2D eigenvalue weighted by molar-refractivity contribution is 0.597. The van der Waals surface area contributed by atoms with Crippen molar-refractivity contribution in [2.24, 2.45) is 5.92 Å². The first-order valence-corrected chi connectivity index (χ1v) is 19.0. The van der Waals surface area contributed by atoms with Crippen LogP contribution < -0.4 is 0 Å². The van der Waals surface area contributed by atoms with E-state index in [0.717, 1.165) is 19.3 Å². The van der Waals surface area contributed by atoms with Gasteiger partial charge in [-0.25, -0.2) is 0 Å². The molecular formula is C49H38N2. The zero-order valence-electron chi connectivity index (χ0n) is 29.2. The number of aromatic nitrogens is 2. The van der Waals surface area contributed by atoms with Crippen molar-refractivity contribution in [3.63, 3.8) is 0 Å². The maximum atomic E-state index is 5.23. The van der Waals surface area contributed by atoms with Crippen LogP contribution >= 0.6 is 0 Å². The van der Waals surface area contributed by atoms with Crippen LogP contribution in [0.5, 0.6) is 0 Å². The van der Waals surface area contributed by atoms with Gasteiger partial charge in [-0.1, -0.05) is 96.9 Å². The highest BCUT2D eigenvalue weighted by Gasteiger charge is 2.37. The third-order valence-corrected chi connectivity index (χ3v) is 12.9. The summed E-state index contributed by atoms with van der Waals surface area (Å²) >= 11 is 0. The Balaban J connectivity index is 1.27. The summed E-state index contributed by atoms with van der Waals surface area (Å²) in [6.45, 7) is 4.75. The average molecular weight is 655 g/mol. The number of rotatable bonds is 2. The molecule has 0 amide bonds. The summed E-state index contributed by atoms with van der Waals surface area (Å²) in [7, 11) is 0. The Kier molecular flexibility index (Phi) is 5.58. The number of fused-ring (bicyclic) bond motifs is 15. The number of pyridine rings is 1. The van der Waals surface area contributed by atoms with E-state index in [4.69, 9.17) is 4.98 Å². The average Bonchev–Trinajstić information content (AvgIpc) is 3.92. The maximum absolute atomic E-state index is 5.23. The number of nitrogens with zero attached hydrogens (tertiary/aromatic N) is 2. The molecule has 3 aromatic heterocycles. The van der Waals surface area contributed by atoms with Crippen molar-refractivity contribution in [1.82, 2.24) is 9.38 Å². The molecule has 2 atom stereocenters. The third kappa shape index (κ3) is 3.75. The summed E-state index contributed by atoms with van der Waals surface area (Å²) in [5.41, 5.74) is 23.6. The van der Waals surface area contributed by atoms with Gasteiger partial charge in [-0.2, -0.15) is 0 Å². The molecule has 0 spiro atoms. The molecule has 0 radical (unpaired) electrons. The van der Waals surface area contributed by atoms with E-state index < -0.39 is 0 Å². The molecule has 1 saturated carbocycles. The Morgan fingerprint density at radius 1 is 0.725 bits per heavy atom. The van der Waals surface area contributed by atoms with Gasteiger partial charge in [-0.15, -0.1) is 0 Å². The molecule has 244 valence electrons. The van der Waals surface area contributed by atoms with E-state index in [1.54, 1.807) is 5.57 Å². The lowest BCUT2D eigenvalue weighted by Gasteiger charge is -2.16. The minimum atomic E-state index is 0.474. The van der Waals surface area contributed by atoms with Gasteiger partial charge < -0.3 is 4.40 Å². The summed E-state index contributed by atoms with van der Waals surface area (Å²) < 4.78 is 2.61. The first kappa shape index (κ1) is 28.3. The van der Waals surface area contributed by atoms with E-state index in [0.29, 0.717) is 11.8 Å². The molecule has 1 fully saturated rings. The second-order valence-electron chi connectivity index (χ2n) is 16.0. The Bertz CT molecular complexity index is 2880. The molecule has 0 saturated heterocycles. The summed E-state index contributed by atoms with van der Waals surface area (Å²) in [5, 5.41) is 5.58. The van der Waals surface area contributed by atoms with E-state index in [2.05, 4.69) is 128 Å². The van der Waals surface area contributed by atoms with Crippen LogP contribution in [0.25, 0.3) is 83.6 Å². The van der Waals surface area contributed by atoms with Gasteiger partial charge >= 0.3 is 0 Å². The van der Waals surface area contributed by atoms with Crippen molar-refractivity contribution in [3.05, 3.63) is 142 Å². The van der Waals surface area contributed by atoms with Crippen LogP contribution in [0, 0.1) is 5.92 Å². The molecule has 12 rings (SSSR count). The monoisotopic (exact) mass is 654 g/mol. The molecule has 8 aromatic rings. The molecule has 51 heavy (non-hydrogen) atoms. The summed E-state index contributed by atoms with van der Waals surface area (Å²) in [6, 6.07) is 34.7. The van der Waals surface area contributed by atoms with Gasteiger partial charge in [-0.05, 0) is 137 Å². The Labute approximate surface area is 298 Å². The molecule has 5 aromatic carbocycles. The molecule has 2 unspecified atom stereocenters. The fourth-order valence-corrected chi connectivity index (χ4v) is 10.8. The lowest BCUT2D eigenvalue weighted by atomic mass is 9.88. The van der Waals surface area contributed by atoms with Gasteiger partial charge in [0, 0.05) is 27.5 Å². The number of benzene rings is 5. The van der Waals surface area contributed by atoms with Crippen molar-refractivity contribution < 1.29 is 0 Å². The Morgan fingerprint density at radius 2 is 1.53 bits per heavy atom. The molecule has 3 heterocycles. The fourth-order valence-electron chi connectivity index (χ4n) is 10.8. The number of allylic oxidation sites excluding steroid dienone is 2. The first-order chi connectivity index (χ1) is 25.1. The van der Waals surface area contributed by atoms with Crippen molar-refractivity contribution >= 4 is 50.2 Å². The van der Waals surface area contributed by atoms with Crippen molar-refractivity contribution in [2.75, 3.05) is 0 Å². The van der Waals surface area contributed by atoms with Gasteiger partial charge in [0.15, 0.2) is 0 Å². The second kappa shape index (κ2) is 10.1. The zero-order chi connectivity index (χ0) is 33.5. The molecular weight excluding hydrogens is 617 g/mol. The minimum absolute atomic E-state index is 0.474. The fraction of sp³-hybridized carbons (Fsp3) is 0.204. The largest absolute Gasteiger partial charge is 0.306 e. The molecule has 2 nitrogen and oxygen atoms in total. The predicted molar refractivity (Wildman–Crippen MR) is 214 cm³/mol. The van der Waals surface area contributed by atoms with Crippen LogP contribution in [-0.4, -0.2) is 9.38 Å². The molecule has 0 aliphatic heterocycles.